The van der Waals surface area contributed by atoms with Gasteiger partial charge in [-0.1, -0.05) is 59.8 Å². The van der Waals surface area contributed by atoms with E-state index in [1.165, 1.54) is 18.2 Å². The van der Waals surface area contributed by atoms with Crippen LogP contribution in [0, 0.1) is 0 Å². The number of aliphatic hydroxyl groups excluding tert-OH is 1. The summed E-state index contributed by atoms with van der Waals surface area (Å²) in [5.74, 6) is -0.184. The van der Waals surface area contributed by atoms with Gasteiger partial charge >= 0.3 is 6.18 Å². The Morgan fingerprint density at radius 2 is 1.56 bits per heavy atom. The zero-order chi connectivity index (χ0) is 24.3. The SMILES string of the molecule is C[C@](N)(CO)c1cc(-c2ccc(OCc3ccc(-c4ccccc4)cc3)c(C(F)(F)F)c2)on1. The molecular formula is C26H23F3N2O3. The monoisotopic (exact) mass is 468 g/mol. The third-order valence-electron chi connectivity index (χ3n) is 5.45. The van der Waals surface area contributed by atoms with E-state index in [1.54, 1.807) is 6.92 Å². The lowest BCUT2D eigenvalue weighted by Gasteiger charge is -2.17. The van der Waals surface area contributed by atoms with Gasteiger partial charge in [0, 0.05) is 11.6 Å². The normalized spacial score (nSPS) is 13.5. The van der Waals surface area contributed by atoms with Crippen molar-refractivity contribution in [2.45, 2.75) is 25.2 Å². The summed E-state index contributed by atoms with van der Waals surface area (Å²) in [7, 11) is 0. The number of aromatic nitrogens is 1. The van der Waals surface area contributed by atoms with Crippen LogP contribution in [0.5, 0.6) is 5.75 Å². The van der Waals surface area contributed by atoms with E-state index in [0.717, 1.165) is 22.8 Å². The van der Waals surface area contributed by atoms with Crippen molar-refractivity contribution in [2.75, 3.05) is 6.61 Å². The lowest BCUT2D eigenvalue weighted by Crippen LogP contribution is -2.37. The molecule has 1 heterocycles. The largest absolute Gasteiger partial charge is 0.488 e. The molecule has 4 aromatic rings. The summed E-state index contributed by atoms with van der Waals surface area (Å²) < 4.78 is 52.1. The molecule has 1 aromatic heterocycles. The number of nitrogens with two attached hydrogens (primary N) is 1. The van der Waals surface area contributed by atoms with Gasteiger partial charge in [-0.2, -0.15) is 13.2 Å². The van der Waals surface area contributed by atoms with Crippen LogP contribution in [0.3, 0.4) is 0 Å². The van der Waals surface area contributed by atoms with Crippen molar-refractivity contribution < 1.29 is 27.5 Å². The first kappa shape index (κ1) is 23.5. The van der Waals surface area contributed by atoms with Crippen molar-refractivity contribution in [3.8, 4) is 28.2 Å². The molecule has 3 aromatic carbocycles. The van der Waals surface area contributed by atoms with Gasteiger partial charge in [0.2, 0.25) is 0 Å². The number of rotatable bonds is 7. The van der Waals surface area contributed by atoms with E-state index < -0.39 is 23.9 Å². The van der Waals surface area contributed by atoms with Gasteiger partial charge in [-0.3, -0.25) is 0 Å². The molecule has 8 heteroatoms. The van der Waals surface area contributed by atoms with Gasteiger partial charge in [0.05, 0.1) is 17.7 Å². The molecule has 3 N–H and O–H groups in total. The molecule has 1 atom stereocenters. The average Bonchev–Trinajstić information content (AvgIpc) is 3.34. The zero-order valence-electron chi connectivity index (χ0n) is 18.3. The Labute approximate surface area is 194 Å². The molecular weight excluding hydrogens is 445 g/mol. The third kappa shape index (κ3) is 5.13. The van der Waals surface area contributed by atoms with Gasteiger partial charge in [-0.25, -0.2) is 0 Å². The van der Waals surface area contributed by atoms with Crippen molar-refractivity contribution in [1.29, 1.82) is 0 Å². The molecule has 5 nitrogen and oxygen atoms in total. The molecule has 0 bridgehead atoms. The van der Waals surface area contributed by atoms with Crippen molar-refractivity contribution in [1.82, 2.24) is 5.16 Å². The van der Waals surface area contributed by atoms with Crippen LogP contribution in [0.4, 0.5) is 13.2 Å². The van der Waals surface area contributed by atoms with Crippen LogP contribution in [0.1, 0.15) is 23.7 Å². The van der Waals surface area contributed by atoms with Crippen LogP contribution in [-0.2, 0) is 18.3 Å². The number of ether oxygens (including phenoxy) is 1. The summed E-state index contributed by atoms with van der Waals surface area (Å²) in [6, 6.07) is 22.3. The molecule has 0 spiro atoms. The number of alkyl halides is 3. The number of nitrogens with zero attached hydrogens (tertiary/aromatic N) is 1. The molecule has 0 fully saturated rings. The van der Waals surface area contributed by atoms with Gasteiger partial charge in [0.1, 0.15) is 18.1 Å². The van der Waals surface area contributed by atoms with Crippen molar-refractivity contribution >= 4 is 0 Å². The highest BCUT2D eigenvalue weighted by Crippen LogP contribution is 2.39. The Morgan fingerprint density at radius 3 is 2.21 bits per heavy atom. The van der Waals surface area contributed by atoms with Crippen LogP contribution < -0.4 is 10.5 Å². The standard InChI is InChI=1S/C26H23F3N2O3/c1-25(30,16-32)24-14-23(34-31-24)20-11-12-22(21(13-20)26(27,28)29)33-15-17-7-9-19(10-8-17)18-5-3-2-4-6-18/h2-14,32H,15-16,30H2,1H3/t25-/m0/s1. The molecule has 0 aliphatic carbocycles. The fourth-order valence-electron chi connectivity index (χ4n) is 3.38. The van der Waals surface area contributed by atoms with E-state index in [2.05, 4.69) is 5.16 Å². The lowest BCUT2D eigenvalue weighted by atomic mass is 9.99. The second-order valence-electron chi connectivity index (χ2n) is 8.21. The highest BCUT2D eigenvalue weighted by Gasteiger charge is 2.35. The van der Waals surface area contributed by atoms with E-state index in [9.17, 15) is 18.3 Å². The maximum Gasteiger partial charge on any atom is 0.419 e. The molecule has 0 radical (unpaired) electrons. The molecule has 0 saturated heterocycles. The Bertz CT molecular complexity index is 1250. The van der Waals surface area contributed by atoms with Gasteiger partial charge in [-0.15, -0.1) is 0 Å². The Morgan fingerprint density at radius 1 is 0.912 bits per heavy atom. The van der Waals surface area contributed by atoms with Crippen molar-refractivity contribution in [3.05, 3.63) is 95.7 Å². The van der Waals surface area contributed by atoms with Crippen LogP contribution in [-0.4, -0.2) is 16.9 Å². The molecule has 0 aliphatic heterocycles. The first-order valence-corrected chi connectivity index (χ1v) is 10.5. The summed E-state index contributed by atoms with van der Waals surface area (Å²) in [6.45, 7) is 1.12. The highest BCUT2D eigenvalue weighted by atomic mass is 19.4. The van der Waals surface area contributed by atoms with Gasteiger partial charge < -0.3 is 20.1 Å². The Balaban J connectivity index is 1.54. The number of hydrogen-bond donors (Lipinski definition) is 2. The summed E-state index contributed by atoms with van der Waals surface area (Å²) in [5, 5.41) is 13.2. The van der Waals surface area contributed by atoms with Crippen LogP contribution in [0.25, 0.3) is 22.5 Å². The topological polar surface area (TPSA) is 81.5 Å². The number of halogens is 3. The molecule has 0 saturated carbocycles. The second-order valence-corrected chi connectivity index (χ2v) is 8.21. The van der Waals surface area contributed by atoms with Gasteiger partial charge in [0.15, 0.2) is 5.76 Å². The number of aliphatic hydroxyl groups is 1. The maximum atomic E-state index is 13.8. The van der Waals surface area contributed by atoms with E-state index in [-0.39, 0.29) is 29.4 Å². The maximum absolute atomic E-state index is 13.8. The summed E-state index contributed by atoms with van der Waals surface area (Å²) in [5.41, 5.74) is 7.01. The van der Waals surface area contributed by atoms with Crippen LogP contribution >= 0.6 is 0 Å². The minimum Gasteiger partial charge on any atom is -0.488 e. The predicted octanol–water partition coefficient (Wildman–Crippen LogP) is 5.77. The summed E-state index contributed by atoms with van der Waals surface area (Å²) in [6.07, 6.45) is -4.64. The van der Waals surface area contributed by atoms with Gasteiger partial charge in [0.25, 0.3) is 0 Å². The summed E-state index contributed by atoms with van der Waals surface area (Å²) >= 11 is 0. The molecule has 0 aliphatic rings. The van der Waals surface area contributed by atoms with Gasteiger partial charge in [-0.05, 0) is 41.8 Å². The minimum absolute atomic E-state index is 0.0218. The number of benzene rings is 3. The van der Waals surface area contributed by atoms with Crippen LogP contribution in [0.2, 0.25) is 0 Å². The van der Waals surface area contributed by atoms with E-state index in [4.69, 9.17) is 15.0 Å². The number of hydrogen-bond acceptors (Lipinski definition) is 5. The van der Waals surface area contributed by atoms with E-state index >= 15 is 0 Å². The van der Waals surface area contributed by atoms with E-state index in [1.807, 2.05) is 54.6 Å². The predicted molar refractivity (Wildman–Crippen MR) is 122 cm³/mol. The molecule has 4 rings (SSSR count). The minimum atomic E-state index is -4.64. The molecule has 0 unspecified atom stereocenters. The first-order chi connectivity index (χ1) is 16.2. The fraction of sp³-hybridized carbons (Fsp3) is 0.192. The quantitative estimate of drug-likeness (QED) is 0.360. The third-order valence-corrected chi connectivity index (χ3v) is 5.45. The second kappa shape index (κ2) is 9.32. The smallest absolute Gasteiger partial charge is 0.419 e. The molecule has 0 amide bonds. The Kier molecular flexibility index (Phi) is 6.45. The van der Waals surface area contributed by atoms with Crippen LogP contribution in [0.15, 0.2) is 83.4 Å². The Hall–Kier alpha value is -3.62. The highest BCUT2D eigenvalue weighted by molar-refractivity contribution is 5.63. The first-order valence-electron chi connectivity index (χ1n) is 10.5. The zero-order valence-corrected chi connectivity index (χ0v) is 18.3. The molecule has 34 heavy (non-hydrogen) atoms. The fourth-order valence-corrected chi connectivity index (χ4v) is 3.38. The summed E-state index contributed by atoms with van der Waals surface area (Å²) in [4.78, 5) is 0. The van der Waals surface area contributed by atoms with Crippen molar-refractivity contribution in [2.24, 2.45) is 5.73 Å². The van der Waals surface area contributed by atoms with Crippen molar-refractivity contribution in [3.63, 3.8) is 0 Å². The lowest BCUT2D eigenvalue weighted by molar-refractivity contribution is -0.139. The molecule has 176 valence electrons. The van der Waals surface area contributed by atoms with E-state index in [0.29, 0.717) is 0 Å². The average molecular weight is 468 g/mol.